The summed E-state index contributed by atoms with van der Waals surface area (Å²) in [7, 11) is -3.66. The fourth-order valence-corrected chi connectivity index (χ4v) is 5.38. The molecule has 0 aliphatic carbocycles. The van der Waals surface area contributed by atoms with Crippen molar-refractivity contribution in [3.63, 3.8) is 0 Å². The van der Waals surface area contributed by atoms with E-state index in [1.807, 2.05) is 4.90 Å². The first kappa shape index (κ1) is 23.0. The van der Waals surface area contributed by atoms with Gasteiger partial charge in [-0.2, -0.15) is 4.31 Å². The van der Waals surface area contributed by atoms with Gasteiger partial charge in [-0.05, 0) is 30.3 Å². The number of oxime groups is 1. The molecular weight excluding hydrogens is 449 g/mol. The first-order chi connectivity index (χ1) is 15.7. The molecule has 2 aliphatic rings. The predicted octanol–water partition coefficient (Wildman–Crippen LogP) is 1.55. The molecule has 2 aromatic carbocycles. The summed E-state index contributed by atoms with van der Waals surface area (Å²) in [4.78, 5) is 18.3. The smallest absolute Gasteiger partial charge is 0.243 e. The van der Waals surface area contributed by atoms with Crippen LogP contribution in [0.25, 0.3) is 0 Å². The highest BCUT2D eigenvalue weighted by atomic mass is 32.2. The van der Waals surface area contributed by atoms with E-state index in [9.17, 15) is 17.6 Å². The summed E-state index contributed by atoms with van der Waals surface area (Å²) in [6.45, 7) is 2.97. The minimum absolute atomic E-state index is 0.150. The van der Waals surface area contributed by atoms with Crippen LogP contribution in [0.4, 0.5) is 15.8 Å². The number of nitrogens with zero attached hydrogens (tertiary/aromatic N) is 3. The Kier molecular flexibility index (Phi) is 6.52. The Morgan fingerprint density at radius 3 is 2.64 bits per heavy atom. The minimum atomic E-state index is -3.66. The number of benzene rings is 2. The van der Waals surface area contributed by atoms with Crippen LogP contribution in [0.15, 0.2) is 52.5 Å². The Morgan fingerprint density at radius 2 is 1.97 bits per heavy atom. The van der Waals surface area contributed by atoms with E-state index in [1.54, 1.807) is 24.3 Å². The van der Waals surface area contributed by atoms with E-state index < -0.39 is 15.8 Å². The number of nitrogen functional groups attached to an aromatic ring is 1. The van der Waals surface area contributed by atoms with Crippen molar-refractivity contribution in [3.8, 4) is 0 Å². The lowest BCUT2D eigenvalue weighted by Crippen LogP contribution is -2.48. The van der Waals surface area contributed by atoms with E-state index >= 15 is 0 Å². The van der Waals surface area contributed by atoms with Gasteiger partial charge < -0.3 is 20.8 Å². The zero-order valence-corrected chi connectivity index (χ0v) is 19.0. The van der Waals surface area contributed by atoms with E-state index in [4.69, 9.17) is 10.6 Å². The minimum Gasteiger partial charge on any atom is -0.399 e. The number of nitrogens with one attached hydrogen (secondary N) is 1. The number of nitrogens with two attached hydrogens (primary N) is 1. The summed E-state index contributed by atoms with van der Waals surface area (Å²) < 4.78 is 42.1. The SMILES string of the molecule is CC(=O)NCC1CC(c2ccc(N3CCN(S(=O)(=O)c4cccc(N)c4)CC3)c(F)c2)=NO1. The second-order valence-corrected chi connectivity index (χ2v) is 9.97. The molecule has 11 heteroatoms. The van der Waals surface area contributed by atoms with Gasteiger partial charge in [-0.25, -0.2) is 12.8 Å². The van der Waals surface area contributed by atoms with Gasteiger partial charge in [-0.3, -0.25) is 4.79 Å². The van der Waals surface area contributed by atoms with Crippen LogP contribution >= 0.6 is 0 Å². The van der Waals surface area contributed by atoms with Gasteiger partial charge >= 0.3 is 0 Å². The van der Waals surface area contributed by atoms with Crippen molar-refractivity contribution >= 4 is 33.0 Å². The van der Waals surface area contributed by atoms with E-state index in [2.05, 4.69) is 10.5 Å². The summed E-state index contributed by atoms with van der Waals surface area (Å²) in [5.41, 5.74) is 7.76. The molecular formula is C22H26FN5O4S. The fraction of sp³-hybridized carbons (Fsp3) is 0.364. The van der Waals surface area contributed by atoms with Gasteiger partial charge in [0.15, 0.2) is 0 Å². The van der Waals surface area contributed by atoms with Gasteiger partial charge in [0.1, 0.15) is 11.9 Å². The molecule has 2 heterocycles. The third-order valence-electron chi connectivity index (χ3n) is 5.67. The normalized spacial score (nSPS) is 19.2. The van der Waals surface area contributed by atoms with E-state index in [0.29, 0.717) is 48.7 Å². The quantitative estimate of drug-likeness (QED) is 0.612. The van der Waals surface area contributed by atoms with Crippen LogP contribution in [0.3, 0.4) is 0 Å². The molecule has 1 unspecified atom stereocenters. The maximum atomic E-state index is 14.9. The number of carbonyl (C=O) groups excluding carboxylic acids is 1. The van der Waals surface area contributed by atoms with E-state index in [0.717, 1.165) is 0 Å². The monoisotopic (exact) mass is 475 g/mol. The molecule has 9 nitrogen and oxygen atoms in total. The molecule has 4 rings (SSSR count). The van der Waals surface area contributed by atoms with E-state index in [-0.39, 0.29) is 30.0 Å². The molecule has 1 atom stereocenters. The maximum Gasteiger partial charge on any atom is 0.243 e. The summed E-state index contributed by atoms with van der Waals surface area (Å²) >= 11 is 0. The zero-order valence-electron chi connectivity index (χ0n) is 18.2. The molecule has 2 aromatic rings. The number of hydrogen-bond acceptors (Lipinski definition) is 7. The van der Waals surface area contributed by atoms with Gasteiger partial charge in [0.2, 0.25) is 15.9 Å². The lowest BCUT2D eigenvalue weighted by Gasteiger charge is -2.35. The summed E-state index contributed by atoms with van der Waals surface area (Å²) in [5, 5.41) is 6.70. The van der Waals surface area contributed by atoms with Gasteiger partial charge in [0, 0.05) is 50.8 Å². The highest BCUT2D eigenvalue weighted by Crippen LogP contribution is 2.26. The van der Waals surface area contributed by atoms with Crippen molar-refractivity contribution in [3.05, 3.63) is 53.8 Å². The first-order valence-electron chi connectivity index (χ1n) is 10.6. The number of carbonyl (C=O) groups is 1. The zero-order chi connectivity index (χ0) is 23.6. The van der Waals surface area contributed by atoms with Crippen molar-refractivity contribution in [2.45, 2.75) is 24.3 Å². The van der Waals surface area contributed by atoms with Crippen LogP contribution in [-0.2, 0) is 19.7 Å². The predicted molar refractivity (Wildman–Crippen MR) is 123 cm³/mol. The molecule has 0 aromatic heterocycles. The molecule has 0 saturated carbocycles. The second kappa shape index (κ2) is 9.36. The number of halogens is 1. The number of amides is 1. The Morgan fingerprint density at radius 1 is 1.21 bits per heavy atom. The number of sulfonamides is 1. The molecule has 2 aliphatic heterocycles. The lowest BCUT2D eigenvalue weighted by atomic mass is 10.0. The Hall–Kier alpha value is -3.18. The number of anilines is 2. The fourth-order valence-electron chi connectivity index (χ4n) is 3.90. The lowest BCUT2D eigenvalue weighted by molar-refractivity contribution is -0.119. The van der Waals surface area contributed by atoms with Crippen molar-refractivity contribution in [1.29, 1.82) is 0 Å². The molecule has 1 saturated heterocycles. The number of hydrogen-bond donors (Lipinski definition) is 2. The molecule has 1 amide bonds. The number of piperazine rings is 1. The molecule has 0 radical (unpaired) electrons. The van der Waals surface area contributed by atoms with Crippen molar-refractivity contribution in [2.75, 3.05) is 43.4 Å². The first-order valence-corrected chi connectivity index (χ1v) is 12.1. The van der Waals surface area contributed by atoms with Crippen LogP contribution in [0.2, 0.25) is 0 Å². The number of rotatable bonds is 6. The highest BCUT2D eigenvalue weighted by Gasteiger charge is 2.30. The summed E-state index contributed by atoms with van der Waals surface area (Å²) in [6.07, 6.45) is 0.196. The average Bonchev–Trinajstić information content (AvgIpc) is 3.27. The van der Waals surface area contributed by atoms with Gasteiger partial charge in [-0.15, -0.1) is 0 Å². The second-order valence-electron chi connectivity index (χ2n) is 8.04. The van der Waals surface area contributed by atoms with Crippen molar-refractivity contribution < 1.29 is 22.4 Å². The van der Waals surface area contributed by atoms with E-state index in [1.165, 1.54) is 29.4 Å². The van der Waals surface area contributed by atoms with Crippen LogP contribution in [0.5, 0.6) is 0 Å². The molecule has 3 N–H and O–H groups in total. The largest absolute Gasteiger partial charge is 0.399 e. The summed E-state index contributed by atoms with van der Waals surface area (Å²) in [6, 6.07) is 11.1. The maximum absolute atomic E-state index is 14.9. The Bertz CT molecular complexity index is 1180. The molecule has 33 heavy (non-hydrogen) atoms. The Labute approximate surface area is 192 Å². The summed E-state index contributed by atoms with van der Waals surface area (Å²) in [5.74, 6) is -0.559. The third kappa shape index (κ3) is 5.09. The molecule has 1 fully saturated rings. The highest BCUT2D eigenvalue weighted by molar-refractivity contribution is 7.89. The van der Waals surface area contributed by atoms with Crippen molar-refractivity contribution in [2.24, 2.45) is 5.16 Å². The van der Waals surface area contributed by atoms with Gasteiger partial charge in [-0.1, -0.05) is 17.3 Å². The average molecular weight is 476 g/mol. The van der Waals surface area contributed by atoms with Crippen LogP contribution in [0.1, 0.15) is 18.9 Å². The molecule has 0 bridgehead atoms. The van der Waals surface area contributed by atoms with Crippen LogP contribution < -0.4 is 16.0 Å². The third-order valence-corrected chi connectivity index (χ3v) is 7.56. The van der Waals surface area contributed by atoms with Crippen LogP contribution in [-0.4, -0.2) is 63.2 Å². The topological polar surface area (TPSA) is 117 Å². The molecule has 176 valence electrons. The Balaban J connectivity index is 1.39. The van der Waals surface area contributed by atoms with Gasteiger partial charge in [0.05, 0.1) is 22.8 Å². The molecule has 0 spiro atoms. The van der Waals surface area contributed by atoms with Crippen molar-refractivity contribution in [1.82, 2.24) is 9.62 Å². The standard InChI is InChI=1S/C22H26FN5O4S/c1-15(29)25-14-18-13-21(26-32-18)16-5-6-22(20(23)11-16)27-7-9-28(10-8-27)33(30,31)19-4-2-3-17(24)12-19/h2-6,11-12,18H,7-10,13-14,24H2,1H3,(H,25,29). The van der Waals surface area contributed by atoms with Gasteiger partial charge in [0.25, 0.3) is 0 Å². The van der Waals surface area contributed by atoms with Crippen LogP contribution in [0, 0.1) is 5.82 Å².